The van der Waals surface area contributed by atoms with E-state index in [1.54, 1.807) is 17.7 Å². The van der Waals surface area contributed by atoms with Crippen LogP contribution >= 0.6 is 23.8 Å². The molecule has 1 aliphatic heterocycles. The van der Waals surface area contributed by atoms with Gasteiger partial charge in [0.05, 0.1) is 25.3 Å². The summed E-state index contributed by atoms with van der Waals surface area (Å²) in [5.41, 5.74) is 1.63. The molecule has 10 heteroatoms. The van der Waals surface area contributed by atoms with Gasteiger partial charge in [-0.25, -0.2) is 0 Å². The number of aromatic nitrogens is 3. The molecule has 4 rings (SSSR count). The third-order valence-electron chi connectivity index (χ3n) is 4.76. The highest BCUT2D eigenvalue weighted by Gasteiger charge is 2.17. The zero-order chi connectivity index (χ0) is 21.8. The van der Waals surface area contributed by atoms with E-state index in [0.29, 0.717) is 40.3 Å². The van der Waals surface area contributed by atoms with Gasteiger partial charge >= 0.3 is 0 Å². The van der Waals surface area contributed by atoms with Gasteiger partial charge < -0.3 is 19.5 Å². The van der Waals surface area contributed by atoms with Crippen molar-refractivity contribution in [2.75, 3.05) is 20.3 Å². The molecule has 0 spiro atoms. The number of rotatable bonds is 6. The number of H-pyrrole nitrogens is 1. The lowest BCUT2D eigenvalue weighted by atomic mass is 10.2. The average molecular weight is 461 g/mol. The van der Waals surface area contributed by atoms with Crippen molar-refractivity contribution in [2.24, 2.45) is 0 Å². The third-order valence-corrected chi connectivity index (χ3v) is 5.35. The minimum absolute atomic E-state index is 0.0228. The Hall–Kier alpha value is -3.04. The second kappa shape index (κ2) is 9.40. The standard InChI is InChI=1S/C21H21ClN4O4S/c1-28-15-5-3-14(4-6-15)20-24-25-21(31)26(20)12-18(27)23-11-13-9-16(22)19-17(10-13)29-7-2-8-30-19/h3-6,9-10H,2,7-8,11-12H2,1H3,(H,23,27)(H,25,31). The monoisotopic (exact) mass is 460 g/mol. The molecule has 1 aromatic heterocycles. The summed E-state index contributed by atoms with van der Waals surface area (Å²) in [5, 5.41) is 10.4. The number of methoxy groups -OCH3 is 1. The lowest BCUT2D eigenvalue weighted by Gasteiger charge is -2.12. The van der Waals surface area contributed by atoms with Crippen LogP contribution in [-0.4, -0.2) is 41.0 Å². The maximum absolute atomic E-state index is 12.6. The average Bonchev–Trinajstić information content (AvgIpc) is 2.98. The van der Waals surface area contributed by atoms with E-state index in [0.717, 1.165) is 23.3 Å². The number of nitrogens with one attached hydrogen (secondary N) is 2. The van der Waals surface area contributed by atoms with E-state index in [1.807, 2.05) is 30.3 Å². The molecule has 31 heavy (non-hydrogen) atoms. The fourth-order valence-electron chi connectivity index (χ4n) is 3.21. The molecule has 2 aromatic carbocycles. The molecule has 0 unspecified atom stereocenters. The minimum atomic E-state index is -0.213. The van der Waals surface area contributed by atoms with Gasteiger partial charge in [0.1, 0.15) is 12.3 Å². The molecule has 162 valence electrons. The summed E-state index contributed by atoms with van der Waals surface area (Å²) >= 11 is 11.6. The number of carbonyl (C=O) groups excluding carboxylic acids is 1. The summed E-state index contributed by atoms with van der Waals surface area (Å²) in [7, 11) is 1.60. The molecule has 0 atom stereocenters. The maximum Gasteiger partial charge on any atom is 0.240 e. The van der Waals surface area contributed by atoms with Crippen molar-refractivity contribution in [1.82, 2.24) is 20.1 Å². The number of hydrogen-bond acceptors (Lipinski definition) is 6. The summed E-state index contributed by atoms with van der Waals surface area (Å²) in [6.07, 6.45) is 0.791. The lowest BCUT2D eigenvalue weighted by molar-refractivity contribution is -0.121. The molecular weight excluding hydrogens is 440 g/mol. The van der Waals surface area contributed by atoms with Gasteiger partial charge in [0, 0.05) is 18.5 Å². The molecule has 0 radical (unpaired) electrons. The van der Waals surface area contributed by atoms with Gasteiger partial charge in [-0.05, 0) is 54.2 Å². The molecule has 0 saturated heterocycles. The van der Waals surface area contributed by atoms with Gasteiger partial charge in [-0.1, -0.05) is 11.6 Å². The van der Waals surface area contributed by atoms with Gasteiger partial charge in [0.25, 0.3) is 0 Å². The van der Waals surface area contributed by atoms with Crippen LogP contribution in [0.15, 0.2) is 36.4 Å². The Morgan fingerprint density at radius 3 is 2.84 bits per heavy atom. The van der Waals surface area contributed by atoms with Crippen molar-refractivity contribution in [3.05, 3.63) is 51.8 Å². The van der Waals surface area contributed by atoms with E-state index in [-0.39, 0.29) is 19.0 Å². The minimum Gasteiger partial charge on any atom is -0.497 e. The second-order valence-corrected chi connectivity index (χ2v) is 7.69. The maximum atomic E-state index is 12.6. The van der Waals surface area contributed by atoms with Gasteiger partial charge in [-0.2, -0.15) is 5.10 Å². The van der Waals surface area contributed by atoms with E-state index >= 15 is 0 Å². The van der Waals surface area contributed by atoms with E-state index in [4.69, 9.17) is 38.0 Å². The first-order valence-corrected chi connectivity index (χ1v) is 10.5. The SMILES string of the molecule is COc1ccc(-c2n[nH]c(=S)n2CC(=O)NCc2cc(Cl)c3c(c2)OCCCO3)cc1. The molecule has 0 aliphatic carbocycles. The van der Waals surface area contributed by atoms with Crippen molar-refractivity contribution in [1.29, 1.82) is 0 Å². The van der Waals surface area contributed by atoms with Crippen molar-refractivity contribution in [2.45, 2.75) is 19.5 Å². The fourth-order valence-corrected chi connectivity index (χ4v) is 3.70. The van der Waals surface area contributed by atoms with Crippen LogP contribution in [0.2, 0.25) is 5.02 Å². The highest BCUT2D eigenvalue weighted by atomic mass is 35.5. The number of fused-ring (bicyclic) bond motifs is 1. The number of halogens is 1. The Bertz CT molecular complexity index is 1140. The number of ether oxygens (including phenoxy) is 3. The van der Waals surface area contributed by atoms with Crippen LogP contribution in [0.4, 0.5) is 0 Å². The normalized spacial score (nSPS) is 12.8. The molecule has 3 aromatic rings. The Kier molecular flexibility index (Phi) is 6.43. The molecular formula is C21H21ClN4O4S. The van der Waals surface area contributed by atoms with Crippen LogP contribution in [0.3, 0.4) is 0 Å². The van der Waals surface area contributed by atoms with Crippen LogP contribution in [0.25, 0.3) is 11.4 Å². The largest absolute Gasteiger partial charge is 0.497 e. The summed E-state index contributed by atoms with van der Waals surface area (Å²) in [6, 6.07) is 11.0. The summed E-state index contributed by atoms with van der Waals surface area (Å²) < 4.78 is 18.5. The summed E-state index contributed by atoms with van der Waals surface area (Å²) in [6.45, 7) is 1.43. The predicted octanol–water partition coefficient (Wildman–Crippen LogP) is 3.75. The smallest absolute Gasteiger partial charge is 0.240 e. The topological polar surface area (TPSA) is 90.4 Å². The summed E-state index contributed by atoms with van der Waals surface area (Å²) in [4.78, 5) is 12.6. The molecule has 0 saturated carbocycles. The third kappa shape index (κ3) is 4.83. The first-order chi connectivity index (χ1) is 15.0. The van der Waals surface area contributed by atoms with Crippen molar-refractivity contribution >= 4 is 29.7 Å². The Morgan fingerprint density at radius 2 is 2.06 bits per heavy atom. The number of benzene rings is 2. The van der Waals surface area contributed by atoms with Gasteiger partial charge in [0.2, 0.25) is 5.91 Å². The lowest BCUT2D eigenvalue weighted by Crippen LogP contribution is -2.27. The first-order valence-electron chi connectivity index (χ1n) is 9.69. The molecule has 1 aliphatic rings. The van der Waals surface area contributed by atoms with Crippen LogP contribution < -0.4 is 19.5 Å². The molecule has 2 N–H and O–H groups in total. The quantitative estimate of drug-likeness (QED) is 0.544. The van der Waals surface area contributed by atoms with E-state index in [1.165, 1.54) is 0 Å². The fraction of sp³-hybridized carbons (Fsp3) is 0.286. The molecule has 1 amide bonds. The van der Waals surface area contributed by atoms with Gasteiger partial charge in [-0.3, -0.25) is 14.5 Å². The highest BCUT2D eigenvalue weighted by molar-refractivity contribution is 7.71. The Labute approximate surface area is 189 Å². The number of hydrogen-bond donors (Lipinski definition) is 2. The van der Waals surface area contributed by atoms with E-state index in [2.05, 4.69) is 15.5 Å². The molecule has 8 nitrogen and oxygen atoms in total. The number of carbonyl (C=O) groups is 1. The van der Waals surface area contributed by atoms with Crippen molar-refractivity contribution < 1.29 is 19.0 Å². The Balaban J connectivity index is 1.45. The molecule has 0 fully saturated rings. The Morgan fingerprint density at radius 1 is 1.29 bits per heavy atom. The van der Waals surface area contributed by atoms with Crippen molar-refractivity contribution in [3.63, 3.8) is 0 Å². The van der Waals surface area contributed by atoms with E-state index in [9.17, 15) is 4.79 Å². The number of aromatic amines is 1. The van der Waals surface area contributed by atoms with Crippen molar-refractivity contribution in [3.8, 4) is 28.6 Å². The number of nitrogens with zero attached hydrogens (tertiary/aromatic N) is 2. The van der Waals surface area contributed by atoms with Gasteiger partial charge in [0.15, 0.2) is 22.1 Å². The zero-order valence-electron chi connectivity index (χ0n) is 16.8. The molecule has 0 bridgehead atoms. The summed E-state index contributed by atoms with van der Waals surface area (Å²) in [5.74, 6) is 2.23. The van der Waals surface area contributed by atoms with Crippen LogP contribution in [0.1, 0.15) is 12.0 Å². The van der Waals surface area contributed by atoms with Crippen LogP contribution in [0.5, 0.6) is 17.2 Å². The van der Waals surface area contributed by atoms with Crippen LogP contribution in [-0.2, 0) is 17.9 Å². The zero-order valence-corrected chi connectivity index (χ0v) is 18.4. The predicted molar refractivity (Wildman–Crippen MR) is 118 cm³/mol. The molecule has 2 heterocycles. The van der Waals surface area contributed by atoms with E-state index < -0.39 is 0 Å². The van der Waals surface area contributed by atoms with Crippen LogP contribution in [0, 0.1) is 4.77 Å². The highest BCUT2D eigenvalue weighted by Crippen LogP contribution is 2.38. The van der Waals surface area contributed by atoms with Gasteiger partial charge in [-0.15, -0.1) is 0 Å². The number of amides is 1. The first kappa shape index (κ1) is 21.2. The second-order valence-electron chi connectivity index (χ2n) is 6.90.